The van der Waals surface area contributed by atoms with Gasteiger partial charge < -0.3 is 11.1 Å². The van der Waals surface area contributed by atoms with Gasteiger partial charge in [0.05, 0.1) is 6.07 Å². The van der Waals surface area contributed by atoms with E-state index in [1.807, 2.05) is 27.7 Å². The van der Waals surface area contributed by atoms with Gasteiger partial charge >= 0.3 is 0 Å². The van der Waals surface area contributed by atoms with E-state index in [4.69, 9.17) is 5.73 Å². The van der Waals surface area contributed by atoms with Crippen LogP contribution in [-0.2, 0) is 0 Å². The Bertz CT molecular complexity index is 343. The molecule has 1 aliphatic rings. The largest absolute Gasteiger partial charge is 0.329 e. The number of quaternary nitrogens is 1. The van der Waals surface area contributed by atoms with E-state index in [9.17, 15) is 10.5 Å². The first kappa shape index (κ1) is 17.3. The summed E-state index contributed by atoms with van der Waals surface area (Å²) in [4.78, 5) is 0. The van der Waals surface area contributed by atoms with E-state index in [0.717, 1.165) is 19.6 Å². The van der Waals surface area contributed by atoms with Gasteiger partial charge in [-0.25, -0.2) is 5.21 Å². The van der Waals surface area contributed by atoms with Crippen molar-refractivity contribution in [2.45, 2.75) is 57.2 Å². The van der Waals surface area contributed by atoms with Crippen LogP contribution in [0.25, 0.3) is 0 Å². The smallest absolute Gasteiger partial charge is 0.125 e. The van der Waals surface area contributed by atoms with Gasteiger partial charge in [0.2, 0.25) is 0 Å². The van der Waals surface area contributed by atoms with Gasteiger partial charge in [-0.1, -0.05) is 0 Å². The molecule has 116 valence electrons. The van der Waals surface area contributed by atoms with Crippen LogP contribution in [0.5, 0.6) is 0 Å². The number of nitrogens with one attached hydrogen (secondary N) is 3. The van der Waals surface area contributed by atoms with E-state index < -0.39 is 5.54 Å². The molecule has 1 aliphatic heterocycles. The monoisotopic (exact) mass is 284 g/mol. The van der Waals surface area contributed by atoms with E-state index in [2.05, 4.69) is 16.7 Å². The van der Waals surface area contributed by atoms with E-state index >= 15 is 0 Å². The van der Waals surface area contributed by atoms with E-state index in [-0.39, 0.29) is 11.1 Å². The van der Waals surface area contributed by atoms with Crippen LogP contribution in [-0.4, -0.2) is 48.0 Å². The molecule has 0 aromatic carbocycles. The Morgan fingerprint density at radius 1 is 1.15 bits per heavy atom. The number of nitriles is 1. The van der Waals surface area contributed by atoms with Crippen molar-refractivity contribution >= 4 is 0 Å². The minimum absolute atomic E-state index is 0.352. The fraction of sp³-hybridized carbons (Fsp3) is 0.929. The van der Waals surface area contributed by atoms with Gasteiger partial charge in [0, 0.05) is 39.0 Å². The molecular formula is C14H30N5O+. The zero-order valence-corrected chi connectivity index (χ0v) is 13.2. The fourth-order valence-corrected chi connectivity index (χ4v) is 3.52. The molecule has 1 saturated heterocycles. The molecule has 0 aromatic rings. The lowest BCUT2D eigenvalue weighted by Crippen LogP contribution is -3.25. The molecule has 0 spiro atoms. The first-order valence-corrected chi connectivity index (χ1v) is 7.33. The lowest BCUT2D eigenvalue weighted by Gasteiger charge is -2.50. The van der Waals surface area contributed by atoms with Gasteiger partial charge in [0.25, 0.3) is 0 Å². The summed E-state index contributed by atoms with van der Waals surface area (Å²) in [6.45, 7) is 10.9. The first-order chi connectivity index (χ1) is 9.19. The van der Waals surface area contributed by atoms with E-state index in [0.29, 0.717) is 24.4 Å². The summed E-state index contributed by atoms with van der Waals surface area (Å²) in [5, 5.41) is 27.1. The third kappa shape index (κ3) is 3.90. The molecule has 0 bridgehead atoms. The lowest BCUT2D eigenvalue weighted by atomic mass is 9.71. The van der Waals surface area contributed by atoms with Crippen molar-refractivity contribution in [1.82, 2.24) is 10.6 Å². The Kier molecular flexibility index (Phi) is 5.53. The van der Waals surface area contributed by atoms with Crippen molar-refractivity contribution < 1.29 is 10.3 Å². The van der Waals surface area contributed by atoms with Crippen LogP contribution < -0.4 is 21.4 Å². The highest BCUT2D eigenvalue weighted by Gasteiger charge is 2.56. The average Bonchev–Trinajstić information content (AvgIpc) is 2.35. The molecule has 6 nitrogen and oxygen atoms in total. The van der Waals surface area contributed by atoms with Crippen molar-refractivity contribution in [1.29, 1.82) is 5.26 Å². The number of hydrogen-bond acceptors (Lipinski definition) is 5. The SMILES string of the molecule is CC1(C)CC(C#N)(NCCNCCN)CC(C)(C)[NH+]1O. The normalized spacial score (nSPS) is 31.8. The Labute approximate surface area is 122 Å². The Morgan fingerprint density at radius 3 is 2.15 bits per heavy atom. The summed E-state index contributed by atoms with van der Waals surface area (Å²) in [7, 11) is 0. The van der Waals surface area contributed by atoms with Crippen molar-refractivity contribution in [3.63, 3.8) is 0 Å². The number of nitrogens with two attached hydrogens (primary N) is 1. The second-order valence-corrected chi connectivity index (χ2v) is 7.13. The van der Waals surface area contributed by atoms with Crippen molar-refractivity contribution in [3.8, 4) is 6.07 Å². The minimum atomic E-state index is -0.580. The molecule has 0 aliphatic carbocycles. The van der Waals surface area contributed by atoms with E-state index in [1.165, 1.54) is 0 Å². The van der Waals surface area contributed by atoms with Crippen LogP contribution in [0.2, 0.25) is 0 Å². The van der Waals surface area contributed by atoms with Crippen LogP contribution in [0.1, 0.15) is 40.5 Å². The van der Waals surface area contributed by atoms with Gasteiger partial charge in [-0.05, 0) is 27.7 Å². The predicted octanol–water partition coefficient (Wildman–Crippen LogP) is -0.988. The average molecular weight is 284 g/mol. The number of rotatable bonds is 6. The number of hydrogen-bond donors (Lipinski definition) is 5. The molecule has 0 atom stereocenters. The highest BCUT2D eigenvalue weighted by atomic mass is 16.5. The van der Waals surface area contributed by atoms with Crippen LogP contribution in [0, 0.1) is 11.3 Å². The quantitative estimate of drug-likeness (QED) is 0.404. The fourth-order valence-electron chi connectivity index (χ4n) is 3.52. The molecule has 6 N–H and O–H groups in total. The number of piperidine rings is 1. The summed E-state index contributed by atoms with van der Waals surface area (Å²) in [5.74, 6) is 0. The highest BCUT2D eigenvalue weighted by molar-refractivity contribution is 5.13. The molecular weight excluding hydrogens is 254 g/mol. The maximum atomic E-state index is 10.4. The van der Waals surface area contributed by atoms with Gasteiger partial charge in [-0.3, -0.25) is 5.32 Å². The summed E-state index contributed by atoms with van der Waals surface area (Å²) in [5.41, 5.74) is 4.14. The summed E-state index contributed by atoms with van der Waals surface area (Å²) in [6.07, 6.45) is 1.26. The molecule has 0 saturated carbocycles. The van der Waals surface area contributed by atoms with Crippen LogP contribution in [0.15, 0.2) is 0 Å². The van der Waals surface area contributed by atoms with Gasteiger partial charge in [0.1, 0.15) is 16.6 Å². The van der Waals surface area contributed by atoms with Crippen LogP contribution in [0.4, 0.5) is 0 Å². The Balaban J connectivity index is 2.71. The maximum Gasteiger partial charge on any atom is 0.125 e. The van der Waals surface area contributed by atoms with Gasteiger partial charge in [-0.2, -0.15) is 10.3 Å². The zero-order chi connectivity index (χ0) is 15.4. The molecule has 1 rings (SSSR count). The zero-order valence-electron chi connectivity index (χ0n) is 13.2. The lowest BCUT2D eigenvalue weighted by molar-refractivity contribution is -1.16. The summed E-state index contributed by atoms with van der Waals surface area (Å²) in [6, 6.07) is 2.45. The molecule has 6 heteroatoms. The third-order valence-electron chi connectivity index (χ3n) is 4.07. The molecule has 1 fully saturated rings. The maximum absolute atomic E-state index is 10.4. The summed E-state index contributed by atoms with van der Waals surface area (Å²) >= 11 is 0. The number of nitrogens with zero attached hydrogens (tertiary/aromatic N) is 1. The highest BCUT2D eigenvalue weighted by Crippen LogP contribution is 2.31. The third-order valence-corrected chi connectivity index (χ3v) is 4.07. The van der Waals surface area contributed by atoms with Crippen LogP contribution in [0.3, 0.4) is 0 Å². The molecule has 20 heavy (non-hydrogen) atoms. The minimum Gasteiger partial charge on any atom is -0.329 e. The molecule has 0 unspecified atom stereocenters. The second kappa shape index (κ2) is 6.37. The molecule has 0 amide bonds. The predicted molar refractivity (Wildman–Crippen MR) is 78.4 cm³/mol. The van der Waals surface area contributed by atoms with Crippen molar-refractivity contribution in [3.05, 3.63) is 0 Å². The molecule has 0 aromatic heterocycles. The standard InChI is InChI=1S/C14H29N5O/c1-12(2)9-14(11-16,10-13(3,4)19(12)20)18-8-7-17-6-5-15/h17-18,20H,5-10,15H2,1-4H3/p+1. The molecule has 1 heterocycles. The summed E-state index contributed by atoms with van der Waals surface area (Å²) < 4.78 is 0. The van der Waals surface area contributed by atoms with Gasteiger partial charge in [-0.15, -0.1) is 0 Å². The first-order valence-electron chi connectivity index (χ1n) is 7.33. The topological polar surface area (TPSA) is 98.5 Å². The second-order valence-electron chi connectivity index (χ2n) is 7.13. The van der Waals surface area contributed by atoms with E-state index in [1.54, 1.807) is 0 Å². The Hall–Kier alpha value is -0.710. The van der Waals surface area contributed by atoms with Gasteiger partial charge in [0.15, 0.2) is 0 Å². The van der Waals surface area contributed by atoms with Crippen LogP contribution >= 0.6 is 0 Å². The Morgan fingerprint density at radius 2 is 1.70 bits per heavy atom. The van der Waals surface area contributed by atoms with Crippen molar-refractivity contribution in [2.75, 3.05) is 26.2 Å². The number of hydroxylamine groups is 2. The van der Waals surface area contributed by atoms with Crippen molar-refractivity contribution in [2.24, 2.45) is 5.73 Å². The molecule has 0 radical (unpaired) electrons.